The highest BCUT2D eigenvalue weighted by Gasteiger charge is 2.49. The molecule has 5 heteroatoms. The Hall–Kier alpha value is -2.17. The molecule has 0 heterocycles. The number of benzene rings is 1. The van der Waals surface area contributed by atoms with Gasteiger partial charge in [-0.25, -0.2) is 4.79 Å². The highest BCUT2D eigenvalue weighted by molar-refractivity contribution is 6.30. The van der Waals surface area contributed by atoms with Crippen molar-refractivity contribution in [3.8, 4) is 0 Å². The summed E-state index contributed by atoms with van der Waals surface area (Å²) in [7, 11) is 0. The fraction of sp³-hybridized carbons (Fsp3) is 0.364. The van der Waals surface area contributed by atoms with Crippen molar-refractivity contribution in [3.63, 3.8) is 0 Å². The average Bonchev–Trinajstić information content (AvgIpc) is 2.56. The predicted octanol–water partition coefficient (Wildman–Crippen LogP) is 4.52. The molecule has 0 aromatic heterocycles. The van der Waals surface area contributed by atoms with E-state index < -0.39 is 17.0 Å². The summed E-state index contributed by atoms with van der Waals surface area (Å²) in [6.45, 7) is 7.11. The minimum atomic E-state index is -1.35. The molecule has 0 amide bonds. The number of carboxylic acids is 1. The van der Waals surface area contributed by atoms with Gasteiger partial charge in [-0.3, -0.25) is 4.79 Å². The maximum Gasteiger partial charge on any atom is 0.328 e. The van der Waals surface area contributed by atoms with Crippen molar-refractivity contribution in [2.24, 2.45) is 5.41 Å². The zero-order chi connectivity index (χ0) is 20.4. The zero-order valence-electron chi connectivity index (χ0n) is 16.0. The minimum Gasteiger partial charge on any atom is -0.478 e. The van der Waals surface area contributed by atoms with Gasteiger partial charge in [-0.05, 0) is 48.8 Å². The average molecular weight is 389 g/mol. The van der Waals surface area contributed by atoms with Crippen LogP contribution >= 0.6 is 11.6 Å². The smallest absolute Gasteiger partial charge is 0.328 e. The van der Waals surface area contributed by atoms with Crippen LogP contribution in [0.25, 0.3) is 0 Å². The van der Waals surface area contributed by atoms with E-state index in [1.54, 1.807) is 38.1 Å². The maximum atomic E-state index is 12.8. The number of hydrogen-bond donors (Lipinski definition) is 2. The molecule has 2 rings (SSSR count). The third-order valence-electron chi connectivity index (χ3n) is 5.23. The Morgan fingerprint density at radius 3 is 2.41 bits per heavy atom. The monoisotopic (exact) mass is 388 g/mol. The molecule has 0 spiro atoms. The molecule has 1 aromatic carbocycles. The number of rotatable bonds is 5. The van der Waals surface area contributed by atoms with Crippen LogP contribution in [0.15, 0.2) is 59.2 Å². The number of ketones is 1. The van der Waals surface area contributed by atoms with E-state index in [4.69, 9.17) is 16.7 Å². The summed E-state index contributed by atoms with van der Waals surface area (Å²) in [6, 6.07) is 7.28. The van der Waals surface area contributed by atoms with Gasteiger partial charge in [0.25, 0.3) is 0 Å². The third kappa shape index (κ3) is 4.57. The Labute approximate surface area is 164 Å². The summed E-state index contributed by atoms with van der Waals surface area (Å²) in [5.74, 6) is -1.03. The number of Topliss-reactive ketones (excluding diaryl/α,β-unsaturated/α-hetero) is 1. The van der Waals surface area contributed by atoms with Gasteiger partial charge in [-0.2, -0.15) is 0 Å². The number of carboxylic acid groups (broad SMARTS) is 1. The summed E-state index contributed by atoms with van der Waals surface area (Å²) in [5.41, 5.74) is 0.570. The standard InChI is InChI=1S/C22H25ClO4/c1-14(11-20(25)26)9-10-22(27)15(2)18(19(24)13-21(22,3)4)12-16-5-7-17(23)8-6-16/h5-11,27H,12-13H2,1-4H3,(H,25,26)/b10-9+,14-11-/t22-/m0/s1. The molecular formula is C22H25ClO4. The normalized spacial score (nSPS) is 23.2. The molecule has 0 bridgehead atoms. The summed E-state index contributed by atoms with van der Waals surface area (Å²) in [5, 5.41) is 21.0. The maximum absolute atomic E-state index is 12.8. The molecule has 0 saturated heterocycles. The van der Waals surface area contributed by atoms with Crippen LogP contribution in [0.4, 0.5) is 0 Å². The van der Waals surface area contributed by atoms with E-state index in [2.05, 4.69) is 0 Å². The second-order valence-corrected chi connectivity index (χ2v) is 8.15. The van der Waals surface area contributed by atoms with Crippen LogP contribution in [-0.4, -0.2) is 27.6 Å². The summed E-state index contributed by atoms with van der Waals surface area (Å²) in [4.78, 5) is 23.6. The molecule has 0 radical (unpaired) electrons. The van der Waals surface area contributed by atoms with Crippen molar-refractivity contribution in [1.82, 2.24) is 0 Å². The van der Waals surface area contributed by atoms with Crippen LogP contribution in [0.5, 0.6) is 0 Å². The van der Waals surface area contributed by atoms with Gasteiger partial charge >= 0.3 is 5.97 Å². The van der Waals surface area contributed by atoms with Crippen molar-refractivity contribution in [1.29, 1.82) is 0 Å². The van der Waals surface area contributed by atoms with Gasteiger partial charge in [0.2, 0.25) is 0 Å². The van der Waals surface area contributed by atoms with Gasteiger partial charge in [0.15, 0.2) is 5.78 Å². The third-order valence-corrected chi connectivity index (χ3v) is 5.48. The Balaban J connectivity index is 2.48. The van der Waals surface area contributed by atoms with E-state index in [9.17, 15) is 14.7 Å². The van der Waals surface area contributed by atoms with E-state index in [-0.39, 0.29) is 12.2 Å². The molecule has 1 aliphatic rings. The fourth-order valence-corrected chi connectivity index (χ4v) is 3.60. The Bertz CT molecular complexity index is 844. The van der Waals surface area contributed by atoms with Gasteiger partial charge in [-0.1, -0.05) is 43.7 Å². The topological polar surface area (TPSA) is 74.6 Å². The van der Waals surface area contributed by atoms with E-state index in [1.165, 1.54) is 0 Å². The second-order valence-electron chi connectivity index (χ2n) is 7.72. The van der Waals surface area contributed by atoms with Gasteiger partial charge in [0.1, 0.15) is 5.60 Å². The largest absolute Gasteiger partial charge is 0.478 e. The molecule has 1 aromatic rings. The molecule has 0 aliphatic heterocycles. The van der Waals surface area contributed by atoms with Gasteiger partial charge in [-0.15, -0.1) is 0 Å². The molecule has 2 N–H and O–H groups in total. The number of carbonyl (C=O) groups is 2. The van der Waals surface area contributed by atoms with Crippen molar-refractivity contribution in [3.05, 3.63) is 69.8 Å². The number of aliphatic carboxylic acids is 1. The molecule has 144 valence electrons. The van der Waals surface area contributed by atoms with E-state index in [1.807, 2.05) is 26.0 Å². The molecule has 27 heavy (non-hydrogen) atoms. The molecule has 4 nitrogen and oxygen atoms in total. The first-order valence-corrected chi connectivity index (χ1v) is 9.15. The highest BCUT2D eigenvalue weighted by Crippen LogP contribution is 2.47. The van der Waals surface area contributed by atoms with Crippen molar-refractivity contribution in [2.45, 2.75) is 46.1 Å². The molecule has 1 aliphatic carbocycles. The number of carbonyl (C=O) groups excluding carboxylic acids is 1. The summed E-state index contributed by atoms with van der Waals surface area (Å²) >= 11 is 5.93. The van der Waals surface area contributed by atoms with Crippen LogP contribution in [-0.2, 0) is 16.0 Å². The molecule has 1 atom stereocenters. The lowest BCUT2D eigenvalue weighted by atomic mass is 9.62. The fourth-order valence-electron chi connectivity index (χ4n) is 3.47. The van der Waals surface area contributed by atoms with Crippen LogP contribution in [0.2, 0.25) is 5.02 Å². The van der Waals surface area contributed by atoms with Gasteiger partial charge < -0.3 is 10.2 Å². The van der Waals surface area contributed by atoms with E-state index in [0.29, 0.717) is 28.2 Å². The quantitative estimate of drug-likeness (QED) is 0.574. The van der Waals surface area contributed by atoms with Crippen molar-refractivity contribution in [2.75, 3.05) is 0 Å². The van der Waals surface area contributed by atoms with E-state index >= 15 is 0 Å². The van der Waals surface area contributed by atoms with Crippen LogP contribution in [0.1, 0.15) is 39.7 Å². The Morgan fingerprint density at radius 2 is 1.85 bits per heavy atom. The molecule has 0 unspecified atom stereocenters. The molecule has 0 fully saturated rings. The number of hydrogen-bond acceptors (Lipinski definition) is 3. The number of allylic oxidation sites excluding steroid dienone is 3. The number of aliphatic hydroxyl groups is 1. The molecule has 0 saturated carbocycles. The Morgan fingerprint density at radius 1 is 1.26 bits per heavy atom. The summed E-state index contributed by atoms with van der Waals surface area (Å²) < 4.78 is 0. The SMILES string of the molecule is CC1=C(Cc2ccc(Cl)cc2)C(=O)CC(C)(C)[C@]1(O)/C=C/C(C)=C\C(=O)O. The van der Waals surface area contributed by atoms with Crippen LogP contribution in [0.3, 0.4) is 0 Å². The lowest BCUT2D eigenvalue weighted by Crippen LogP contribution is -2.49. The predicted molar refractivity (Wildman–Crippen MR) is 107 cm³/mol. The minimum absolute atomic E-state index is 0.0170. The van der Waals surface area contributed by atoms with E-state index in [0.717, 1.165) is 11.6 Å². The summed E-state index contributed by atoms with van der Waals surface area (Å²) in [6.07, 6.45) is 4.89. The lowest BCUT2D eigenvalue weighted by Gasteiger charge is -2.46. The van der Waals surface area contributed by atoms with Gasteiger partial charge in [0.05, 0.1) is 0 Å². The first-order valence-electron chi connectivity index (χ1n) is 8.77. The van der Waals surface area contributed by atoms with Crippen LogP contribution in [0, 0.1) is 5.41 Å². The lowest BCUT2D eigenvalue weighted by molar-refractivity contribution is -0.131. The Kier molecular flexibility index (Phi) is 6.13. The first kappa shape index (κ1) is 21.1. The zero-order valence-corrected chi connectivity index (χ0v) is 16.8. The molecular weight excluding hydrogens is 364 g/mol. The van der Waals surface area contributed by atoms with Gasteiger partial charge in [0, 0.05) is 34.9 Å². The number of halogens is 1. The first-order chi connectivity index (χ1) is 12.5. The second kappa shape index (κ2) is 7.83. The highest BCUT2D eigenvalue weighted by atomic mass is 35.5. The van der Waals surface area contributed by atoms with Crippen molar-refractivity contribution >= 4 is 23.4 Å². The van der Waals surface area contributed by atoms with Crippen LogP contribution < -0.4 is 0 Å². The van der Waals surface area contributed by atoms with Crippen molar-refractivity contribution < 1.29 is 19.8 Å².